The van der Waals surface area contributed by atoms with Crippen LogP contribution in [0.4, 0.5) is 0 Å². The Morgan fingerprint density at radius 3 is 2.71 bits per heavy atom. The standard InChI is InChI=1S/C12H6Cl2N2O/c13-8-3-1-2-7-4-10(17-12(7)8)9-5-11(14)16-6-15-9/h1-6H. The molecule has 0 saturated heterocycles. The van der Waals surface area contributed by atoms with Crippen LogP contribution in [0.2, 0.25) is 10.2 Å². The maximum Gasteiger partial charge on any atom is 0.154 e. The minimum Gasteiger partial charge on any atom is -0.453 e. The lowest BCUT2D eigenvalue weighted by Crippen LogP contribution is -1.82. The molecular formula is C12H6Cl2N2O. The number of hydrogen-bond acceptors (Lipinski definition) is 3. The third kappa shape index (κ3) is 1.88. The van der Waals surface area contributed by atoms with Crippen molar-refractivity contribution in [3.63, 3.8) is 0 Å². The second kappa shape index (κ2) is 4.02. The SMILES string of the molecule is Clc1cc(-c2cc3cccc(Cl)c3o2)ncn1. The van der Waals surface area contributed by atoms with Gasteiger partial charge in [-0.05, 0) is 12.1 Å². The van der Waals surface area contributed by atoms with E-state index in [0.29, 0.717) is 27.2 Å². The van der Waals surface area contributed by atoms with E-state index in [1.165, 1.54) is 6.33 Å². The lowest BCUT2D eigenvalue weighted by molar-refractivity contribution is 0.628. The average Bonchev–Trinajstić information content (AvgIpc) is 2.74. The molecule has 17 heavy (non-hydrogen) atoms. The predicted octanol–water partition coefficient (Wildman–Crippen LogP) is 4.20. The predicted molar refractivity (Wildman–Crippen MR) is 67.3 cm³/mol. The van der Waals surface area contributed by atoms with Gasteiger partial charge >= 0.3 is 0 Å². The summed E-state index contributed by atoms with van der Waals surface area (Å²) in [6, 6.07) is 9.10. The van der Waals surface area contributed by atoms with Gasteiger partial charge in [0.1, 0.15) is 17.2 Å². The molecule has 0 amide bonds. The molecule has 0 saturated carbocycles. The molecule has 84 valence electrons. The Bertz CT molecular complexity index is 694. The van der Waals surface area contributed by atoms with E-state index in [9.17, 15) is 0 Å². The Kier molecular flexibility index (Phi) is 2.50. The molecule has 3 aromatic rings. The van der Waals surface area contributed by atoms with Gasteiger partial charge in [0.2, 0.25) is 0 Å². The van der Waals surface area contributed by atoms with E-state index in [-0.39, 0.29) is 0 Å². The number of benzene rings is 1. The summed E-state index contributed by atoms with van der Waals surface area (Å²) in [7, 11) is 0. The van der Waals surface area contributed by atoms with Crippen molar-refractivity contribution in [3.8, 4) is 11.5 Å². The third-order valence-electron chi connectivity index (χ3n) is 2.38. The minimum atomic E-state index is 0.376. The zero-order valence-corrected chi connectivity index (χ0v) is 10.0. The first-order valence-electron chi connectivity index (χ1n) is 4.90. The number of para-hydroxylation sites is 1. The number of fused-ring (bicyclic) bond motifs is 1. The molecule has 0 aliphatic rings. The van der Waals surface area contributed by atoms with Crippen LogP contribution in [0.15, 0.2) is 41.1 Å². The van der Waals surface area contributed by atoms with Crippen molar-refractivity contribution in [1.82, 2.24) is 9.97 Å². The highest BCUT2D eigenvalue weighted by molar-refractivity contribution is 6.34. The van der Waals surface area contributed by atoms with Crippen molar-refractivity contribution < 1.29 is 4.42 Å². The lowest BCUT2D eigenvalue weighted by Gasteiger charge is -1.94. The van der Waals surface area contributed by atoms with Gasteiger partial charge in [-0.3, -0.25) is 0 Å². The second-order valence-electron chi connectivity index (χ2n) is 3.49. The topological polar surface area (TPSA) is 38.9 Å². The highest BCUT2D eigenvalue weighted by Gasteiger charge is 2.10. The number of furan rings is 1. The van der Waals surface area contributed by atoms with Gasteiger partial charge in [-0.1, -0.05) is 35.3 Å². The molecule has 3 nitrogen and oxygen atoms in total. The van der Waals surface area contributed by atoms with Gasteiger partial charge in [-0.25, -0.2) is 9.97 Å². The van der Waals surface area contributed by atoms with Gasteiger partial charge in [0.05, 0.1) is 5.02 Å². The molecule has 3 rings (SSSR count). The maximum absolute atomic E-state index is 6.04. The van der Waals surface area contributed by atoms with Gasteiger partial charge in [0.25, 0.3) is 0 Å². The summed E-state index contributed by atoms with van der Waals surface area (Å²) >= 11 is 11.8. The van der Waals surface area contributed by atoms with Crippen LogP contribution >= 0.6 is 23.2 Å². The molecule has 0 fully saturated rings. The fourth-order valence-corrected chi connectivity index (χ4v) is 1.99. The first-order chi connectivity index (χ1) is 8.24. The molecule has 0 spiro atoms. The van der Waals surface area contributed by atoms with Crippen LogP contribution in [0.1, 0.15) is 0 Å². The maximum atomic E-state index is 6.04. The van der Waals surface area contributed by atoms with Crippen LogP contribution in [-0.2, 0) is 0 Å². The van der Waals surface area contributed by atoms with E-state index in [1.54, 1.807) is 12.1 Å². The zero-order valence-electron chi connectivity index (χ0n) is 8.52. The van der Waals surface area contributed by atoms with Gasteiger partial charge < -0.3 is 4.42 Å². The van der Waals surface area contributed by atoms with Crippen molar-refractivity contribution in [3.05, 3.63) is 46.8 Å². The molecule has 0 N–H and O–H groups in total. The number of halogens is 2. The fraction of sp³-hybridized carbons (Fsp3) is 0. The molecule has 0 aliphatic heterocycles. The fourth-order valence-electron chi connectivity index (χ4n) is 1.62. The summed E-state index contributed by atoms with van der Waals surface area (Å²) in [6.07, 6.45) is 1.40. The lowest BCUT2D eigenvalue weighted by atomic mass is 10.2. The Morgan fingerprint density at radius 1 is 1.06 bits per heavy atom. The zero-order chi connectivity index (χ0) is 11.8. The van der Waals surface area contributed by atoms with Gasteiger partial charge in [0.15, 0.2) is 11.3 Å². The normalized spacial score (nSPS) is 10.9. The Hall–Kier alpha value is -1.58. The first-order valence-corrected chi connectivity index (χ1v) is 5.65. The van der Waals surface area contributed by atoms with Crippen LogP contribution < -0.4 is 0 Å². The van der Waals surface area contributed by atoms with Crippen LogP contribution in [0.5, 0.6) is 0 Å². The van der Waals surface area contributed by atoms with Crippen LogP contribution in [0.25, 0.3) is 22.4 Å². The van der Waals surface area contributed by atoms with E-state index in [0.717, 1.165) is 5.39 Å². The number of aromatic nitrogens is 2. The van der Waals surface area contributed by atoms with E-state index in [4.69, 9.17) is 27.6 Å². The van der Waals surface area contributed by atoms with Crippen molar-refractivity contribution in [2.75, 3.05) is 0 Å². The van der Waals surface area contributed by atoms with E-state index < -0.39 is 0 Å². The molecular weight excluding hydrogens is 259 g/mol. The third-order valence-corrected chi connectivity index (χ3v) is 2.89. The second-order valence-corrected chi connectivity index (χ2v) is 4.29. The van der Waals surface area contributed by atoms with Crippen molar-refractivity contribution in [2.24, 2.45) is 0 Å². The molecule has 0 bridgehead atoms. The number of hydrogen-bond donors (Lipinski definition) is 0. The molecule has 0 unspecified atom stereocenters. The summed E-state index contributed by atoms with van der Waals surface area (Å²) in [6.45, 7) is 0. The number of nitrogens with zero attached hydrogens (tertiary/aromatic N) is 2. The van der Waals surface area contributed by atoms with E-state index >= 15 is 0 Å². The van der Waals surface area contributed by atoms with Crippen LogP contribution in [0.3, 0.4) is 0 Å². The van der Waals surface area contributed by atoms with Crippen LogP contribution in [0, 0.1) is 0 Å². The van der Waals surface area contributed by atoms with Crippen molar-refractivity contribution >= 4 is 34.2 Å². The molecule has 5 heteroatoms. The molecule has 0 atom stereocenters. The quantitative estimate of drug-likeness (QED) is 0.619. The Balaban J connectivity index is 2.22. The van der Waals surface area contributed by atoms with E-state index in [1.807, 2.05) is 18.2 Å². The molecule has 1 aromatic carbocycles. The van der Waals surface area contributed by atoms with E-state index in [2.05, 4.69) is 9.97 Å². The highest BCUT2D eigenvalue weighted by atomic mass is 35.5. The van der Waals surface area contributed by atoms with Crippen LogP contribution in [-0.4, -0.2) is 9.97 Å². The van der Waals surface area contributed by atoms with Crippen molar-refractivity contribution in [2.45, 2.75) is 0 Å². The summed E-state index contributed by atoms with van der Waals surface area (Å²) < 4.78 is 5.66. The Labute approximate surface area is 107 Å². The molecule has 2 heterocycles. The summed E-state index contributed by atoms with van der Waals surface area (Å²) in [4.78, 5) is 7.93. The monoisotopic (exact) mass is 264 g/mol. The number of rotatable bonds is 1. The highest BCUT2D eigenvalue weighted by Crippen LogP contribution is 2.31. The smallest absolute Gasteiger partial charge is 0.154 e. The summed E-state index contributed by atoms with van der Waals surface area (Å²) in [5.41, 5.74) is 1.29. The molecule has 0 radical (unpaired) electrons. The van der Waals surface area contributed by atoms with Crippen molar-refractivity contribution in [1.29, 1.82) is 0 Å². The molecule has 2 aromatic heterocycles. The average molecular weight is 265 g/mol. The van der Waals surface area contributed by atoms with Gasteiger partial charge in [-0.15, -0.1) is 0 Å². The largest absolute Gasteiger partial charge is 0.453 e. The summed E-state index contributed by atoms with van der Waals surface area (Å²) in [5, 5.41) is 1.89. The molecule has 0 aliphatic carbocycles. The summed E-state index contributed by atoms with van der Waals surface area (Å²) in [5.74, 6) is 0.623. The van der Waals surface area contributed by atoms with Gasteiger partial charge in [-0.2, -0.15) is 0 Å². The first kappa shape index (κ1) is 10.6. The minimum absolute atomic E-state index is 0.376. The van der Waals surface area contributed by atoms with Gasteiger partial charge in [0, 0.05) is 11.5 Å². The Morgan fingerprint density at radius 2 is 1.94 bits per heavy atom.